The molecule has 8 heteroatoms. The van der Waals surface area contributed by atoms with Crippen LogP contribution in [0.4, 0.5) is 0 Å². The van der Waals surface area contributed by atoms with Gasteiger partial charge < -0.3 is 23.9 Å². The van der Waals surface area contributed by atoms with Crippen molar-refractivity contribution in [1.29, 1.82) is 0 Å². The first-order valence-corrected chi connectivity index (χ1v) is 13.1. The third kappa shape index (κ3) is 8.19. The number of hydrogen-bond acceptors (Lipinski definition) is 6. The van der Waals surface area contributed by atoms with Crippen LogP contribution in [0, 0.1) is 0 Å². The molecular formula is C30H36N2O6. The Balaban J connectivity index is 1.48. The van der Waals surface area contributed by atoms with E-state index in [0.717, 1.165) is 30.8 Å². The van der Waals surface area contributed by atoms with Gasteiger partial charge in [-0.2, -0.15) is 0 Å². The average Bonchev–Trinajstić information content (AvgIpc) is 3.51. The Bertz CT molecular complexity index is 1180. The second-order valence-electron chi connectivity index (χ2n) is 9.23. The minimum atomic E-state index is -0.966. The zero-order chi connectivity index (χ0) is 27.5. The molecule has 1 aliphatic rings. The minimum absolute atomic E-state index is 0.147. The Kier molecular flexibility index (Phi) is 9.82. The molecule has 38 heavy (non-hydrogen) atoms. The molecule has 1 unspecified atom stereocenters. The number of carboxylic acids is 1. The van der Waals surface area contributed by atoms with Crippen molar-refractivity contribution in [1.82, 2.24) is 9.80 Å². The van der Waals surface area contributed by atoms with Gasteiger partial charge in [-0.15, -0.1) is 0 Å². The molecular weight excluding hydrogens is 484 g/mol. The number of unbranched alkanes of at least 4 members (excludes halogenated alkanes) is 2. The van der Waals surface area contributed by atoms with Crippen LogP contribution in [0.5, 0.6) is 5.75 Å². The van der Waals surface area contributed by atoms with Crippen molar-refractivity contribution in [2.75, 3.05) is 46.0 Å². The van der Waals surface area contributed by atoms with Crippen LogP contribution in [0.2, 0.25) is 0 Å². The molecule has 0 radical (unpaired) electrons. The first-order chi connectivity index (χ1) is 19.0. The van der Waals surface area contributed by atoms with Crippen molar-refractivity contribution in [2.45, 2.75) is 32.2 Å². The second-order valence-corrected chi connectivity index (χ2v) is 9.23. The Morgan fingerprint density at radius 2 is 1.79 bits per heavy atom. The predicted molar refractivity (Wildman–Crippen MR) is 144 cm³/mol. The molecule has 1 amide bonds. The van der Waals surface area contributed by atoms with Crippen LogP contribution in [0.1, 0.15) is 43.0 Å². The number of morpholine rings is 1. The molecule has 8 nitrogen and oxygen atoms in total. The maximum absolute atomic E-state index is 13.8. The number of benzene rings is 2. The SMILES string of the molecule is [2H]C(c1ccccc1OCCCCCC(=O)O)N(CCN1CCOCC1)C(=O)c1ccc(-c2ccco2)cc1. The van der Waals surface area contributed by atoms with E-state index in [9.17, 15) is 9.59 Å². The summed E-state index contributed by atoms with van der Waals surface area (Å²) in [5.41, 5.74) is 1.99. The Morgan fingerprint density at radius 1 is 1.00 bits per heavy atom. The van der Waals surface area contributed by atoms with E-state index in [-0.39, 0.29) is 12.3 Å². The fourth-order valence-corrected chi connectivity index (χ4v) is 4.31. The summed E-state index contributed by atoms with van der Waals surface area (Å²) in [5, 5.41) is 8.81. The second kappa shape index (κ2) is 14.4. The van der Waals surface area contributed by atoms with Crippen molar-refractivity contribution >= 4 is 11.9 Å². The molecule has 0 bridgehead atoms. The zero-order valence-electron chi connectivity index (χ0n) is 22.6. The lowest BCUT2D eigenvalue weighted by Gasteiger charge is -2.30. The van der Waals surface area contributed by atoms with Gasteiger partial charge in [0.05, 0.1) is 27.5 Å². The topological polar surface area (TPSA) is 92.5 Å². The number of carboxylic acid groups (broad SMARTS) is 1. The summed E-state index contributed by atoms with van der Waals surface area (Å²) in [6, 6.07) is 18.3. The van der Waals surface area contributed by atoms with Gasteiger partial charge in [0.1, 0.15) is 11.5 Å². The van der Waals surface area contributed by atoms with Crippen LogP contribution < -0.4 is 4.74 Å². The molecule has 2 aromatic carbocycles. The lowest BCUT2D eigenvalue weighted by Crippen LogP contribution is -2.43. The largest absolute Gasteiger partial charge is 0.493 e. The molecule has 0 saturated carbocycles. The molecule has 0 aliphatic carbocycles. The van der Waals surface area contributed by atoms with Gasteiger partial charge >= 0.3 is 5.97 Å². The summed E-state index contributed by atoms with van der Waals surface area (Å²) in [6.45, 7) is 3.39. The molecule has 3 aromatic rings. The Hall–Kier alpha value is -3.62. The normalized spacial score (nSPS) is 15.0. The van der Waals surface area contributed by atoms with Crippen LogP contribution in [0.25, 0.3) is 11.3 Å². The van der Waals surface area contributed by atoms with Gasteiger partial charge in [-0.05, 0) is 49.6 Å². The van der Waals surface area contributed by atoms with E-state index >= 15 is 0 Å². The number of furan rings is 1. The van der Waals surface area contributed by atoms with Gasteiger partial charge in [-0.25, -0.2) is 0 Å². The van der Waals surface area contributed by atoms with Gasteiger partial charge in [0, 0.05) is 55.8 Å². The number of amides is 1. The molecule has 2 heterocycles. The highest BCUT2D eigenvalue weighted by atomic mass is 16.5. The minimum Gasteiger partial charge on any atom is -0.493 e. The lowest BCUT2D eigenvalue weighted by atomic mass is 10.1. The average molecular weight is 522 g/mol. The number of aliphatic carboxylic acids is 1. The van der Waals surface area contributed by atoms with Crippen molar-refractivity contribution in [3.05, 3.63) is 78.1 Å². The standard InChI is InChI=1S/C30H36N2O6/c33-29(34)10-2-1-5-19-37-28-8-4-3-7-26(28)23-32(16-15-31-17-21-36-22-18-31)30(35)25-13-11-24(12-14-25)27-9-6-20-38-27/h3-4,6-9,11-14,20H,1-2,5,10,15-19,21-23H2,(H,33,34)/i23D. The van der Waals surface area contributed by atoms with Crippen LogP contribution in [0.15, 0.2) is 71.3 Å². The maximum Gasteiger partial charge on any atom is 0.303 e. The molecule has 1 aromatic heterocycles. The third-order valence-electron chi connectivity index (χ3n) is 6.47. The van der Waals surface area contributed by atoms with Crippen molar-refractivity contribution in [3.8, 4) is 17.1 Å². The lowest BCUT2D eigenvalue weighted by molar-refractivity contribution is -0.137. The number of hydrogen-bond donors (Lipinski definition) is 1. The van der Waals surface area contributed by atoms with Crippen molar-refractivity contribution < 1.29 is 30.0 Å². The number of carbonyl (C=O) groups is 2. The molecule has 0 spiro atoms. The Labute approximate surface area is 225 Å². The van der Waals surface area contributed by atoms with Crippen molar-refractivity contribution in [2.24, 2.45) is 0 Å². The smallest absolute Gasteiger partial charge is 0.303 e. The summed E-state index contributed by atoms with van der Waals surface area (Å²) in [5.74, 6) is 0.270. The van der Waals surface area contributed by atoms with Crippen LogP contribution >= 0.6 is 0 Å². The van der Waals surface area contributed by atoms with E-state index in [2.05, 4.69) is 4.90 Å². The molecule has 1 saturated heterocycles. The summed E-state index contributed by atoms with van der Waals surface area (Å²) in [7, 11) is 0. The highest BCUT2D eigenvalue weighted by molar-refractivity contribution is 5.94. The van der Waals surface area contributed by atoms with Gasteiger partial charge in [0.25, 0.3) is 5.91 Å². The zero-order valence-corrected chi connectivity index (χ0v) is 21.6. The summed E-state index contributed by atoms with van der Waals surface area (Å²) < 4.78 is 26.1. The quantitative estimate of drug-likeness (QED) is 0.300. The van der Waals surface area contributed by atoms with Gasteiger partial charge in [-0.1, -0.05) is 30.3 Å². The van der Waals surface area contributed by atoms with Crippen LogP contribution in [0.3, 0.4) is 0 Å². The number of ether oxygens (including phenoxy) is 2. The van der Waals surface area contributed by atoms with Crippen LogP contribution in [-0.2, 0) is 16.1 Å². The van der Waals surface area contributed by atoms with E-state index in [1.807, 2.05) is 48.5 Å². The molecule has 202 valence electrons. The fraction of sp³-hybridized carbons (Fsp3) is 0.400. The predicted octanol–water partition coefficient (Wildman–Crippen LogP) is 4.95. The first kappa shape index (κ1) is 26.0. The van der Waals surface area contributed by atoms with Gasteiger partial charge in [0.2, 0.25) is 0 Å². The first-order valence-electron chi connectivity index (χ1n) is 13.7. The van der Waals surface area contributed by atoms with E-state index in [1.165, 1.54) is 0 Å². The van der Waals surface area contributed by atoms with Gasteiger partial charge in [0.15, 0.2) is 0 Å². The van der Waals surface area contributed by atoms with E-state index in [4.69, 9.17) is 20.4 Å². The number of nitrogens with zero attached hydrogens (tertiary/aromatic N) is 2. The molecule has 1 atom stereocenters. The van der Waals surface area contributed by atoms with E-state index in [1.54, 1.807) is 23.3 Å². The van der Waals surface area contributed by atoms with Crippen molar-refractivity contribution in [3.63, 3.8) is 0 Å². The molecule has 1 fully saturated rings. The van der Waals surface area contributed by atoms with Gasteiger partial charge in [-0.3, -0.25) is 14.5 Å². The highest BCUT2D eigenvalue weighted by Crippen LogP contribution is 2.24. The maximum atomic E-state index is 13.8. The number of rotatable bonds is 14. The monoisotopic (exact) mass is 521 g/mol. The van der Waals surface area contributed by atoms with E-state index in [0.29, 0.717) is 62.6 Å². The molecule has 1 aliphatic heterocycles. The number of para-hydroxylation sites is 1. The molecule has 4 rings (SSSR count). The Morgan fingerprint density at radius 3 is 2.53 bits per heavy atom. The molecule has 1 N–H and O–H groups in total. The number of carbonyl (C=O) groups excluding carboxylic acids is 1. The summed E-state index contributed by atoms with van der Waals surface area (Å²) in [4.78, 5) is 28.3. The summed E-state index contributed by atoms with van der Waals surface area (Å²) >= 11 is 0. The fourth-order valence-electron chi connectivity index (χ4n) is 4.31. The van der Waals surface area contributed by atoms with E-state index < -0.39 is 12.5 Å². The highest BCUT2D eigenvalue weighted by Gasteiger charge is 2.20. The summed E-state index contributed by atoms with van der Waals surface area (Å²) in [6.07, 6.45) is 3.82. The van der Waals surface area contributed by atoms with Crippen LogP contribution in [-0.4, -0.2) is 72.8 Å². The third-order valence-corrected chi connectivity index (χ3v) is 6.47.